The SMILES string of the molecule is COc1cccc(NC(=O)C2CCCN2C(=O)NCc2ccccc2OC)c1. The smallest absolute Gasteiger partial charge is 0.318 e. The van der Waals surface area contributed by atoms with Gasteiger partial charge in [0.15, 0.2) is 0 Å². The van der Waals surface area contributed by atoms with Crippen LogP contribution in [0.1, 0.15) is 18.4 Å². The molecule has 148 valence electrons. The topological polar surface area (TPSA) is 79.9 Å². The van der Waals surface area contributed by atoms with Crippen molar-refractivity contribution in [3.8, 4) is 11.5 Å². The molecule has 7 nitrogen and oxygen atoms in total. The number of methoxy groups -OCH3 is 2. The number of hydrogen-bond acceptors (Lipinski definition) is 4. The Morgan fingerprint density at radius 2 is 1.93 bits per heavy atom. The highest BCUT2D eigenvalue weighted by Gasteiger charge is 2.34. The molecule has 2 aromatic carbocycles. The van der Waals surface area contributed by atoms with Crippen molar-refractivity contribution < 1.29 is 19.1 Å². The number of rotatable bonds is 6. The second-order valence-electron chi connectivity index (χ2n) is 6.54. The summed E-state index contributed by atoms with van der Waals surface area (Å²) < 4.78 is 10.5. The normalized spacial score (nSPS) is 15.8. The first-order chi connectivity index (χ1) is 13.6. The molecule has 1 fully saturated rings. The fourth-order valence-electron chi connectivity index (χ4n) is 3.33. The van der Waals surface area contributed by atoms with E-state index in [4.69, 9.17) is 9.47 Å². The van der Waals surface area contributed by atoms with Gasteiger partial charge >= 0.3 is 6.03 Å². The molecule has 28 heavy (non-hydrogen) atoms. The maximum atomic E-state index is 12.7. The van der Waals surface area contributed by atoms with Gasteiger partial charge in [-0.1, -0.05) is 24.3 Å². The van der Waals surface area contributed by atoms with E-state index in [-0.39, 0.29) is 11.9 Å². The van der Waals surface area contributed by atoms with Crippen LogP contribution in [0.15, 0.2) is 48.5 Å². The van der Waals surface area contributed by atoms with Gasteiger partial charge in [0.2, 0.25) is 5.91 Å². The van der Waals surface area contributed by atoms with Gasteiger partial charge in [-0.25, -0.2) is 4.79 Å². The van der Waals surface area contributed by atoms with Crippen molar-refractivity contribution >= 4 is 17.6 Å². The van der Waals surface area contributed by atoms with E-state index in [9.17, 15) is 9.59 Å². The lowest BCUT2D eigenvalue weighted by molar-refractivity contribution is -0.119. The molecule has 1 saturated heterocycles. The van der Waals surface area contributed by atoms with Gasteiger partial charge in [0.1, 0.15) is 17.5 Å². The number of carbonyl (C=O) groups excluding carboxylic acids is 2. The molecule has 0 radical (unpaired) electrons. The lowest BCUT2D eigenvalue weighted by Crippen LogP contribution is -2.47. The molecule has 2 N–H and O–H groups in total. The Morgan fingerprint density at radius 1 is 1.11 bits per heavy atom. The molecule has 0 aromatic heterocycles. The number of urea groups is 1. The van der Waals surface area contributed by atoms with Crippen molar-refractivity contribution in [2.75, 3.05) is 26.1 Å². The predicted octanol–water partition coefficient (Wildman–Crippen LogP) is 3.02. The van der Waals surface area contributed by atoms with Gasteiger partial charge in [-0.2, -0.15) is 0 Å². The van der Waals surface area contributed by atoms with Crippen LogP contribution in [0.5, 0.6) is 11.5 Å². The largest absolute Gasteiger partial charge is 0.497 e. The van der Waals surface area contributed by atoms with E-state index in [1.165, 1.54) is 0 Å². The Kier molecular flexibility index (Phi) is 6.37. The number of para-hydroxylation sites is 1. The number of hydrogen-bond donors (Lipinski definition) is 2. The summed E-state index contributed by atoms with van der Waals surface area (Å²) in [6, 6.07) is 13.9. The minimum absolute atomic E-state index is 0.196. The molecule has 2 aromatic rings. The Bertz CT molecular complexity index is 840. The van der Waals surface area contributed by atoms with E-state index in [1.807, 2.05) is 30.3 Å². The Morgan fingerprint density at radius 3 is 2.71 bits per heavy atom. The van der Waals surface area contributed by atoms with Crippen LogP contribution in [0, 0.1) is 0 Å². The third-order valence-corrected chi connectivity index (χ3v) is 4.78. The van der Waals surface area contributed by atoms with E-state index in [0.717, 1.165) is 17.7 Å². The van der Waals surface area contributed by atoms with Gasteiger partial charge in [0, 0.05) is 30.4 Å². The molecule has 1 aliphatic rings. The predicted molar refractivity (Wildman–Crippen MR) is 107 cm³/mol. The first kappa shape index (κ1) is 19.5. The second-order valence-corrected chi connectivity index (χ2v) is 6.54. The monoisotopic (exact) mass is 383 g/mol. The number of ether oxygens (including phenoxy) is 2. The first-order valence-corrected chi connectivity index (χ1v) is 9.23. The standard InChI is InChI=1S/C21H25N3O4/c1-27-17-9-5-8-16(13-17)23-20(25)18-10-6-12-24(18)21(26)22-14-15-7-3-4-11-19(15)28-2/h3-5,7-9,11,13,18H,6,10,12,14H2,1-2H3,(H,22,26)(H,23,25). The number of benzene rings is 2. The molecule has 1 atom stereocenters. The first-order valence-electron chi connectivity index (χ1n) is 9.23. The highest BCUT2D eigenvalue weighted by atomic mass is 16.5. The van der Waals surface area contributed by atoms with Crippen molar-refractivity contribution in [3.05, 3.63) is 54.1 Å². The van der Waals surface area contributed by atoms with Crippen LogP contribution < -0.4 is 20.1 Å². The number of likely N-dealkylation sites (tertiary alicyclic amines) is 1. The van der Waals surface area contributed by atoms with Gasteiger partial charge in [-0.3, -0.25) is 4.79 Å². The average molecular weight is 383 g/mol. The van der Waals surface area contributed by atoms with Crippen molar-refractivity contribution in [2.24, 2.45) is 0 Å². The van der Waals surface area contributed by atoms with Crippen molar-refractivity contribution in [1.82, 2.24) is 10.2 Å². The van der Waals surface area contributed by atoms with E-state index in [1.54, 1.807) is 37.3 Å². The van der Waals surface area contributed by atoms with E-state index in [2.05, 4.69) is 10.6 Å². The summed E-state index contributed by atoms with van der Waals surface area (Å²) in [5.74, 6) is 1.19. The van der Waals surface area contributed by atoms with Crippen LogP contribution in [-0.4, -0.2) is 43.6 Å². The zero-order valence-corrected chi connectivity index (χ0v) is 16.1. The fourth-order valence-corrected chi connectivity index (χ4v) is 3.33. The minimum Gasteiger partial charge on any atom is -0.497 e. The van der Waals surface area contributed by atoms with Gasteiger partial charge in [-0.15, -0.1) is 0 Å². The molecule has 0 bridgehead atoms. The Balaban J connectivity index is 1.61. The van der Waals surface area contributed by atoms with Crippen LogP contribution in [0.3, 0.4) is 0 Å². The molecule has 0 spiro atoms. The Labute approximate surface area is 164 Å². The van der Waals surface area contributed by atoms with E-state index < -0.39 is 6.04 Å². The molecule has 3 amide bonds. The summed E-state index contributed by atoms with van der Waals surface area (Å²) in [4.78, 5) is 27.0. The molecule has 1 heterocycles. The minimum atomic E-state index is -0.496. The number of carbonyl (C=O) groups is 2. The van der Waals surface area contributed by atoms with Gasteiger partial charge in [0.25, 0.3) is 0 Å². The summed E-state index contributed by atoms with van der Waals surface area (Å²) in [6.07, 6.45) is 1.43. The molecule has 0 saturated carbocycles. The summed E-state index contributed by atoms with van der Waals surface area (Å²) >= 11 is 0. The van der Waals surface area contributed by atoms with Crippen molar-refractivity contribution in [3.63, 3.8) is 0 Å². The summed E-state index contributed by atoms with van der Waals surface area (Å²) in [6.45, 7) is 0.886. The number of anilines is 1. The van der Waals surface area contributed by atoms with E-state index in [0.29, 0.717) is 30.9 Å². The average Bonchev–Trinajstić information content (AvgIpc) is 3.22. The van der Waals surface area contributed by atoms with Crippen LogP contribution in [-0.2, 0) is 11.3 Å². The highest BCUT2D eigenvalue weighted by Crippen LogP contribution is 2.22. The summed E-state index contributed by atoms with van der Waals surface area (Å²) in [7, 11) is 3.17. The van der Waals surface area contributed by atoms with Gasteiger partial charge in [-0.05, 0) is 31.0 Å². The third kappa shape index (κ3) is 4.54. The fraction of sp³-hybridized carbons (Fsp3) is 0.333. The van der Waals surface area contributed by atoms with Crippen LogP contribution in [0.25, 0.3) is 0 Å². The quantitative estimate of drug-likeness (QED) is 0.804. The number of nitrogens with zero attached hydrogens (tertiary/aromatic N) is 1. The number of amides is 3. The van der Waals surface area contributed by atoms with Crippen molar-refractivity contribution in [2.45, 2.75) is 25.4 Å². The Hall–Kier alpha value is -3.22. The van der Waals surface area contributed by atoms with Crippen LogP contribution in [0.2, 0.25) is 0 Å². The maximum absolute atomic E-state index is 12.7. The van der Waals surface area contributed by atoms with Crippen LogP contribution >= 0.6 is 0 Å². The lowest BCUT2D eigenvalue weighted by atomic mass is 10.2. The molecule has 1 unspecified atom stereocenters. The van der Waals surface area contributed by atoms with Gasteiger partial charge < -0.3 is 25.0 Å². The van der Waals surface area contributed by atoms with Gasteiger partial charge in [0.05, 0.1) is 14.2 Å². The van der Waals surface area contributed by atoms with Crippen LogP contribution in [0.4, 0.5) is 10.5 Å². The third-order valence-electron chi connectivity index (χ3n) is 4.78. The maximum Gasteiger partial charge on any atom is 0.318 e. The molecule has 1 aliphatic heterocycles. The summed E-state index contributed by atoms with van der Waals surface area (Å²) in [5.41, 5.74) is 1.53. The second kappa shape index (κ2) is 9.12. The zero-order chi connectivity index (χ0) is 19.9. The highest BCUT2D eigenvalue weighted by molar-refractivity contribution is 5.97. The molecule has 0 aliphatic carbocycles. The molecular weight excluding hydrogens is 358 g/mol. The number of nitrogens with one attached hydrogen (secondary N) is 2. The van der Waals surface area contributed by atoms with E-state index >= 15 is 0 Å². The lowest BCUT2D eigenvalue weighted by Gasteiger charge is -2.24. The molecular formula is C21H25N3O4. The zero-order valence-electron chi connectivity index (χ0n) is 16.1. The molecule has 3 rings (SSSR count). The van der Waals surface area contributed by atoms with Crippen molar-refractivity contribution in [1.29, 1.82) is 0 Å². The summed E-state index contributed by atoms with van der Waals surface area (Å²) in [5, 5.41) is 5.76. The molecule has 7 heteroatoms.